The lowest BCUT2D eigenvalue weighted by Crippen LogP contribution is -2.42. The number of aromatic nitrogens is 1. The molecule has 0 aliphatic carbocycles. The van der Waals surface area contributed by atoms with Crippen molar-refractivity contribution in [2.75, 3.05) is 5.32 Å². The van der Waals surface area contributed by atoms with Crippen molar-refractivity contribution in [3.8, 4) is 11.5 Å². The number of carbonyl (C=O) groups is 2. The van der Waals surface area contributed by atoms with E-state index in [1.165, 1.54) is 30.5 Å². The van der Waals surface area contributed by atoms with Crippen LogP contribution in [0.15, 0.2) is 73.1 Å². The molecule has 2 amide bonds. The summed E-state index contributed by atoms with van der Waals surface area (Å²) in [7, 11) is 0. The zero-order chi connectivity index (χ0) is 23.8. The Morgan fingerprint density at radius 3 is 2.52 bits per heavy atom. The molecule has 0 bridgehead atoms. The summed E-state index contributed by atoms with van der Waals surface area (Å²) in [6.07, 6.45) is 6.70. The number of halogens is 1. The molecular weight excluding hydrogens is 421 g/mol. The minimum Gasteiger partial charge on any atom is -0.453 e. The Morgan fingerprint density at radius 2 is 1.88 bits per heavy atom. The summed E-state index contributed by atoms with van der Waals surface area (Å²) in [4.78, 5) is 28.5. The molecule has 0 atom stereocenters. The molecule has 0 saturated carbocycles. The zero-order valence-electron chi connectivity index (χ0n) is 18.8. The average molecular weight is 448 g/mol. The van der Waals surface area contributed by atoms with E-state index in [0.29, 0.717) is 22.6 Å². The fraction of sp³-hybridized carbons (Fsp3) is 0.192. The fourth-order valence-corrected chi connectivity index (χ4v) is 2.77. The van der Waals surface area contributed by atoms with Crippen LogP contribution in [0.1, 0.15) is 43.1 Å². The second-order valence-corrected chi connectivity index (χ2v) is 8.07. The molecule has 2 N–H and O–H groups in total. The number of nitrogens with one attached hydrogen (secondary N) is 2. The topological polar surface area (TPSA) is 80.3 Å². The van der Waals surface area contributed by atoms with E-state index in [2.05, 4.69) is 15.6 Å². The van der Waals surface area contributed by atoms with Crippen molar-refractivity contribution in [1.29, 1.82) is 0 Å². The molecule has 0 fully saturated rings. The molecule has 3 aromatic rings. The van der Waals surface area contributed by atoms with Crippen molar-refractivity contribution in [3.05, 3.63) is 90.0 Å². The van der Waals surface area contributed by atoms with Crippen LogP contribution < -0.4 is 15.4 Å². The van der Waals surface area contributed by atoms with Gasteiger partial charge in [0.05, 0.1) is 6.20 Å². The minimum atomic E-state index is -0.554. The summed E-state index contributed by atoms with van der Waals surface area (Å²) in [5, 5.41) is 5.68. The maximum Gasteiger partial charge on any atom is 0.251 e. The predicted molar refractivity (Wildman–Crippen MR) is 127 cm³/mol. The van der Waals surface area contributed by atoms with Crippen molar-refractivity contribution in [3.63, 3.8) is 0 Å². The molecule has 0 aliphatic rings. The van der Waals surface area contributed by atoms with Gasteiger partial charge >= 0.3 is 0 Å². The van der Waals surface area contributed by atoms with Crippen LogP contribution in [0.2, 0.25) is 0 Å². The molecule has 33 heavy (non-hydrogen) atoms. The molecule has 2 aromatic carbocycles. The summed E-state index contributed by atoms with van der Waals surface area (Å²) < 4.78 is 19.8. The molecule has 6 nitrogen and oxygen atoms in total. The first-order valence-electron chi connectivity index (χ1n) is 10.5. The number of carbonyl (C=O) groups excluding carboxylic acids is 2. The Balaban J connectivity index is 1.57. The van der Waals surface area contributed by atoms with E-state index in [-0.39, 0.29) is 23.1 Å². The van der Waals surface area contributed by atoms with E-state index in [1.807, 2.05) is 20.8 Å². The van der Waals surface area contributed by atoms with Gasteiger partial charge in [-0.2, -0.15) is 0 Å². The van der Waals surface area contributed by atoms with Crippen LogP contribution in [-0.4, -0.2) is 22.3 Å². The monoisotopic (exact) mass is 447 g/mol. The molecule has 7 heteroatoms. The highest BCUT2D eigenvalue weighted by Gasteiger charge is 2.18. The summed E-state index contributed by atoms with van der Waals surface area (Å²) >= 11 is 0. The molecule has 3 rings (SSSR count). The first kappa shape index (κ1) is 23.7. The molecule has 0 saturated heterocycles. The second-order valence-electron chi connectivity index (χ2n) is 8.07. The molecule has 1 aromatic heterocycles. The molecule has 0 radical (unpaired) electrons. The van der Waals surface area contributed by atoms with Gasteiger partial charge in [-0.25, -0.2) is 4.39 Å². The summed E-state index contributed by atoms with van der Waals surface area (Å²) in [6, 6.07) is 14.4. The van der Waals surface area contributed by atoms with Crippen LogP contribution in [0.25, 0.3) is 6.08 Å². The number of amides is 2. The van der Waals surface area contributed by atoms with Crippen LogP contribution in [0, 0.1) is 5.82 Å². The molecule has 0 aliphatic heterocycles. The van der Waals surface area contributed by atoms with Crippen molar-refractivity contribution in [2.45, 2.75) is 32.7 Å². The lowest BCUT2D eigenvalue weighted by atomic mass is 10.0. The number of benzene rings is 2. The van der Waals surface area contributed by atoms with Crippen molar-refractivity contribution < 1.29 is 18.7 Å². The predicted octanol–water partition coefficient (Wildman–Crippen LogP) is 5.58. The van der Waals surface area contributed by atoms with Gasteiger partial charge in [-0.05, 0) is 80.4 Å². The molecule has 170 valence electrons. The third kappa shape index (κ3) is 7.00. The molecule has 1 heterocycles. The SMILES string of the molecule is CCC(C)(C)NC(=O)c1ccc(NC(=O)/C=C/c2ccc(Oc3cccnc3)c(F)c2)cc1. The van der Waals surface area contributed by atoms with E-state index in [1.54, 1.807) is 48.7 Å². The fourth-order valence-electron chi connectivity index (χ4n) is 2.77. The van der Waals surface area contributed by atoms with E-state index in [4.69, 9.17) is 4.74 Å². The Bertz CT molecular complexity index is 1140. The Morgan fingerprint density at radius 1 is 1.12 bits per heavy atom. The number of rotatable bonds is 8. The summed E-state index contributed by atoms with van der Waals surface area (Å²) in [5.41, 5.74) is 1.26. The number of pyridine rings is 1. The standard InChI is InChI=1S/C26H26FN3O3/c1-4-26(2,3)30-25(32)19-9-11-20(12-10-19)29-24(31)14-8-18-7-13-23(22(27)16-18)33-21-6-5-15-28-17-21/h5-17H,4H2,1-3H3,(H,29,31)(H,30,32)/b14-8+. The summed E-state index contributed by atoms with van der Waals surface area (Å²) in [6.45, 7) is 5.92. The number of anilines is 1. The highest BCUT2D eigenvalue weighted by Crippen LogP contribution is 2.25. The number of hydrogen-bond donors (Lipinski definition) is 2. The Hall–Kier alpha value is -4.00. The van der Waals surface area contributed by atoms with Gasteiger partial charge < -0.3 is 15.4 Å². The van der Waals surface area contributed by atoms with Gasteiger partial charge in [-0.15, -0.1) is 0 Å². The molecule has 0 spiro atoms. The van der Waals surface area contributed by atoms with E-state index in [0.717, 1.165) is 6.42 Å². The van der Waals surface area contributed by atoms with E-state index < -0.39 is 5.82 Å². The van der Waals surface area contributed by atoms with Gasteiger partial charge in [0.2, 0.25) is 5.91 Å². The minimum absolute atomic E-state index is 0.0658. The number of nitrogens with zero attached hydrogens (tertiary/aromatic N) is 1. The van der Waals surface area contributed by atoms with Crippen molar-refractivity contribution >= 4 is 23.6 Å². The van der Waals surface area contributed by atoms with Gasteiger partial charge in [0, 0.05) is 29.1 Å². The summed E-state index contributed by atoms with van der Waals surface area (Å²) in [5.74, 6) is -0.609. The second kappa shape index (κ2) is 10.5. The van der Waals surface area contributed by atoms with Gasteiger partial charge in [0.15, 0.2) is 11.6 Å². The highest BCUT2D eigenvalue weighted by molar-refractivity contribution is 6.02. The maximum atomic E-state index is 14.3. The first-order valence-corrected chi connectivity index (χ1v) is 10.5. The van der Waals surface area contributed by atoms with Crippen molar-refractivity contribution in [2.24, 2.45) is 0 Å². The van der Waals surface area contributed by atoms with E-state index >= 15 is 0 Å². The molecule has 0 unspecified atom stereocenters. The van der Waals surface area contributed by atoms with Crippen LogP contribution in [0.4, 0.5) is 10.1 Å². The largest absolute Gasteiger partial charge is 0.453 e. The maximum absolute atomic E-state index is 14.3. The number of hydrogen-bond acceptors (Lipinski definition) is 4. The lowest BCUT2D eigenvalue weighted by molar-refractivity contribution is -0.111. The van der Waals surface area contributed by atoms with Crippen LogP contribution in [-0.2, 0) is 4.79 Å². The molecular formula is C26H26FN3O3. The van der Waals surface area contributed by atoms with Gasteiger partial charge in [0.1, 0.15) is 5.75 Å². The lowest BCUT2D eigenvalue weighted by Gasteiger charge is -2.24. The quantitative estimate of drug-likeness (QED) is 0.442. The van der Waals surface area contributed by atoms with Crippen LogP contribution in [0.5, 0.6) is 11.5 Å². The van der Waals surface area contributed by atoms with Gasteiger partial charge in [0.25, 0.3) is 5.91 Å². The van der Waals surface area contributed by atoms with Gasteiger partial charge in [-0.3, -0.25) is 14.6 Å². The van der Waals surface area contributed by atoms with Crippen molar-refractivity contribution in [1.82, 2.24) is 10.3 Å². The Kier molecular flexibility index (Phi) is 7.56. The third-order valence-corrected chi connectivity index (χ3v) is 5.00. The van der Waals surface area contributed by atoms with E-state index in [9.17, 15) is 14.0 Å². The Labute approximate surface area is 192 Å². The third-order valence-electron chi connectivity index (χ3n) is 5.00. The smallest absolute Gasteiger partial charge is 0.251 e. The van der Waals surface area contributed by atoms with Crippen LogP contribution >= 0.6 is 0 Å². The van der Waals surface area contributed by atoms with Crippen LogP contribution in [0.3, 0.4) is 0 Å². The zero-order valence-corrected chi connectivity index (χ0v) is 18.8. The average Bonchev–Trinajstić information content (AvgIpc) is 2.80. The number of ether oxygens (including phenoxy) is 1. The normalized spacial score (nSPS) is 11.3. The highest BCUT2D eigenvalue weighted by atomic mass is 19.1. The first-order chi connectivity index (χ1) is 15.8. The van der Waals surface area contributed by atoms with Gasteiger partial charge in [-0.1, -0.05) is 13.0 Å².